The normalized spacial score (nSPS) is 11.2. The van der Waals surface area contributed by atoms with Gasteiger partial charge in [0.2, 0.25) is 0 Å². The topological polar surface area (TPSA) is 3.24 Å². The van der Waals surface area contributed by atoms with Crippen LogP contribution in [0.2, 0.25) is 0 Å². The maximum atomic E-state index is 2.37. The molecule has 0 atom stereocenters. The van der Waals surface area contributed by atoms with Gasteiger partial charge in [-0.1, -0.05) is 194 Å². The first kappa shape index (κ1) is 34.0. The molecule has 0 saturated heterocycles. The van der Waals surface area contributed by atoms with E-state index in [4.69, 9.17) is 0 Å². The largest absolute Gasteiger partial charge is 0.310 e. The Hall–Kier alpha value is -7.48. The molecule has 0 saturated carbocycles. The Morgan fingerprint density at radius 3 is 1.19 bits per heavy atom. The van der Waals surface area contributed by atoms with Crippen molar-refractivity contribution < 1.29 is 0 Å². The summed E-state index contributed by atoms with van der Waals surface area (Å²) < 4.78 is 0. The highest BCUT2D eigenvalue weighted by Gasteiger charge is 2.16. The van der Waals surface area contributed by atoms with Gasteiger partial charge in [0.1, 0.15) is 0 Å². The fourth-order valence-corrected chi connectivity index (χ4v) is 8.17. The highest BCUT2D eigenvalue weighted by Crippen LogP contribution is 2.40. The third kappa shape index (κ3) is 6.77. The Morgan fingerprint density at radius 2 is 0.596 bits per heavy atom. The molecular weight excluding hydrogens is 687 g/mol. The predicted octanol–water partition coefficient (Wildman–Crippen LogP) is 15.8. The summed E-state index contributed by atoms with van der Waals surface area (Å²) in [6.07, 6.45) is 0. The number of hydrogen-bond donors (Lipinski definition) is 0. The van der Waals surface area contributed by atoms with Crippen molar-refractivity contribution in [1.29, 1.82) is 0 Å². The van der Waals surface area contributed by atoms with Gasteiger partial charge in [-0.05, 0) is 120 Å². The molecule has 1 heteroatoms. The first-order valence-electron chi connectivity index (χ1n) is 19.6. The average Bonchev–Trinajstić information content (AvgIpc) is 3.30. The first-order valence-corrected chi connectivity index (χ1v) is 19.6. The molecule has 57 heavy (non-hydrogen) atoms. The average molecular weight is 726 g/mol. The number of anilines is 3. The van der Waals surface area contributed by atoms with Crippen LogP contribution in [-0.2, 0) is 0 Å². The van der Waals surface area contributed by atoms with Crippen LogP contribution >= 0.6 is 0 Å². The van der Waals surface area contributed by atoms with Crippen LogP contribution in [-0.4, -0.2) is 0 Å². The molecule has 0 aromatic heterocycles. The van der Waals surface area contributed by atoms with E-state index in [9.17, 15) is 0 Å². The summed E-state index contributed by atoms with van der Waals surface area (Å²) in [5.74, 6) is 0. The van der Waals surface area contributed by atoms with Gasteiger partial charge in [-0.15, -0.1) is 0 Å². The second-order valence-corrected chi connectivity index (χ2v) is 14.6. The maximum absolute atomic E-state index is 2.37. The van der Waals surface area contributed by atoms with Crippen molar-refractivity contribution in [2.24, 2.45) is 0 Å². The number of benzene rings is 10. The van der Waals surface area contributed by atoms with Crippen molar-refractivity contribution in [3.8, 4) is 55.6 Å². The van der Waals surface area contributed by atoms with E-state index in [0.29, 0.717) is 0 Å². The third-order valence-corrected chi connectivity index (χ3v) is 11.1. The van der Waals surface area contributed by atoms with E-state index in [1.165, 1.54) is 77.2 Å². The second kappa shape index (κ2) is 15.0. The molecule has 0 amide bonds. The van der Waals surface area contributed by atoms with Crippen LogP contribution in [0, 0.1) is 0 Å². The van der Waals surface area contributed by atoms with Crippen molar-refractivity contribution in [1.82, 2.24) is 0 Å². The summed E-state index contributed by atoms with van der Waals surface area (Å²) in [4.78, 5) is 2.37. The van der Waals surface area contributed by atoms with Gasteiger partial charge in [-0.3, -0.25) is 0 Å². The third-order valence-electron chi connectivity index (χ3n) is 11.1. The van der Waals surface area contributed by atoms with E-state index < -0.39 is 0 Å². The summed E-state index contributed by atoms with van der Waals surface area (Å²) in [5.41, 5.74) is 15.4. The zero-order valence-electron chi connectivity index (χ0n) is 31.5. The van der Waals surface area contributed by atoms with Crippen molar-refractivity contribution in [3.63, 3.8) is 0 Å². The molecule has 0 aliphatic heterocycles. The second-order valence-electron chi connectivity index (χ2n) is 14.6. The van der Waals surface area contributed by atoms with E-state index in [1.54, 1.807) is 0 Å². The van der Waals surface area contributed by atoms with Crippen molar-refractivity contribution in [3.05, 3.63) is 237 Å². The van der Waals surface area contributed by atoms with Gasteiger partial charge in [-0.25, -0.2) is 0 Å². The summed E-state index contributed by atoms with van der Waals surface area (Å²) >= 11 is 0. The smallest absolute Gasteiger partial charge is 0.0467 e. The highest BCUT2D eigenvalue weighted by molar-refractivity contribution is 5.98. The molecular formula is C56H39N. The number of fused-ring (bicyclic) bond motifs is 2. The van der Waals surface area contributed by atoms with E-state index >= 15 is 0 Å². The lowest BCUT2D eigenvalue weighted by Crippen LogP contribution is -2.10. The monoisotopic (exact) mass is 725 g/mol. The lowest BCUT2D eigenvalue weighted by molar-refractivity contribution is 1.28. The summed E-state index contributed by atoms with van der Waals surface area (Å²) in [5, 5.41) is 5.02. The number of hydrogen-bond acceptors (Lipinski definition) is 1. The fraction of sp³-hybridized carbons (Fsp3) is 0. The molecule has 10 aromatic rings. The van der Waals surface area contributed by atoms with E-state index in [1.807, 2.05) is 0 Å². The molecule has 0 unspecified atom stereocenters. The summed E-state index contributed by atoms with van der Waals surface area (Å²) in [6.45, 7) is 0. The van der Waals surface area contributed by atoms with E-state index in [-0.39, 0.29) is 0 Å². The van der Waals surface area contributed by atoms with Crippen LogP contribution in [0.3, 0.4) is 0 Å². The molecule has 0 fully saturated rings. The zero-order chi connectivity index (χ0) is 38.0. The Labute approximate surface area is 334 Å². The molecule has 0 radical (unpaired) electrons. The molecule has 0 aliphatic rings. The lowest BCUT2D eigenvalue weighted by atomic mass is 9.96. The van der Waals surface area contributed by atoms with Crippen LogP contribution in [0.25, 0.3) is 77.2 Å². The van der Waals surface area contributed by atoms with Crippen LogP contribution in [0.4, 0.5) is 17.1 Å². The van der Waals surface area contributed by atoms with Gasteiger partial charge in [0.05, 0.1) is 0 Å². The Morgan fingerprint density at radius 1 is 0.211 bits per heavy atom. The standard InChI is InChI=1S/C56H39N/c1-2-12-40(13-3-1)47-18-8-19-48(38-47)43-32-36-51(37-33-43)57(52-21-9-20-49(39-52)56-25-11-17-45-15-5-7-23-54(45)56)50-34-30-42(31-35-50)41-26-28-46(29-27-41)55-24-10-16-44-14-4-6-22-53(44)55/h1-39H. The molecule has 10 rings (SSSR count). The minimum Gasteiger partial charge on any atom is -0.310 e. The molecule has 10 aromatic carbocycles. The Kier molecular flexibility index (Phi) is 8.95. The number of nitrogens with zero attached hydrogens (tertiary/aromatic N) is 1. The van der Waals surface area contributed by atoms with Crippen LogP contribution in [0.5, 0.6) is 0 Å². The van der Waals surface area contributed by atoms with Gasteiger partial charge in [0.15, 0.2) is 0 Å². The summed E-state index contributed by atoms with van der Waals surface area (Å²) in [6, 6.07) is 85.6. The SMILES string of the molecule is c1ccc(-c2cccc(-c3ccc(N(c4ccc(-c5ccc(-c6cccc7ccccc67)cc5)cc4)c4cccc(-c5cccc6ccccc56)c4)cc3)c2)cc1. The Bertz CT molecular complexity index is 2970. The van der Waals surface area contributed by atoms with E-state index in [2.05, 4.69) is 241 Å². The minimum absolute atomic E-state index is 1.10. The molecule has 268 valence electrons. The fourth-order valence-electron chi connectivity index (χ4n) is 8.17. The maximum Gasteiger partial charge on any atom is 0.0467 e. The molecule has 0 bridgehead atoms. The van der Waals surface area contributed by atoms with Crippen molar-refractivity contribution in [2.75, 3.05) is 4.90 Å². The van der Waals surface area contributed by atoms with Gasteiger partial charge in [0, 0.05) is 17.1 Å². The number of rotatable bonds is 8. The molecule has 0 N–H and O–H groups in total. The minimum atomic E-state index is 1.10. The van der Waals surface area contributed by atoms with E-state index in [0.717, 1.165) is 17.1 Å². The Balaban J connectivity index is 1.01. The summed E-state index contributed by atoms with van der Waals surface area (Å²) in [7, 11) is 0. The van der Waals surface area contributed by atoms with Crippen LogP contribution in [0.15, 0.2) is 237 Å². The zero-order valence-corrected chi connectivity index (χ0v) is 31.5. The van der Waals surface area contributed by atoms with Gasteiger partial charge in [-0.2, -0.15) is 0 Å². The van der Waals surface area contributed by atoms with Gasteiger partial charge >= 0.3 is 0 Å². The van der Waals surface area contributed by atoms with Crippen molar-refractivity contribution >= 4 is 38.6 Å². The molecule has 0 heterocycles. The van der Waals surface area contributed by atoms with Crippen molar-refractivity contribution in [2.45, 2.75) is 0 Å². The highest BCUT2D eigenvalue weighted by atomic mass is 15.1. The predicted molar refractivity (Wildman–Crippen MR) is 243 cm³/mol. The quantitative estimate of drug-likeness (QED) is 0.151. The molecule has 1 nitrogen and oxygen atoms in total. The molecule has 0 spiro atoms. The molecule has 0 aliphatic carbocycles. The van der Waals surface area contributed by atoms with Gasteiger partial charge < -0.3 is 4.90 Å². The first-order chi connectivity index (χ1) is 28.2. The lowest BCUT2D eigenvalue weighted by Gasteiger charge is -2.26. The van der Waals surface area contributed by atoms with Gasteiger partial charge in [0.25, 0.3) is 0 Å². The van der Waals surface area contributed by atoms with Crippen LogP contribution in [0.1, 0.15) is 0 Å². The van der Waals surface area contributed by atoms with Crippen LogP contribution < -0.4 is 4.90 Å².